The fourth-order valence-corrected chi connectivity index (χ4v) is 0.254. The number of aliphatic hydroxyl groups excluding tert-OH is 1. The molecule has 0 heterocycles. The van der Waals surface area contributed by atoms with Crippen LogP contribution in [0.15, 0.2) is 0 Å². The van der Waals surface area contributed by atoms with Crippen molar-refractivity contribution >= 4 is 0 Å². The largest absolute Gasteiger partial charge is 0.387 e. The molecule has 0 aliphatic rings. The van der Waals surface area contributed by atoms with Crippen molar-refractivity contribution in [1.82, 2.24) is 0 Å². The third kappa shape index (κ3) is 2.18. The van der Waals surface area contributed by atoms with Crippen LogP contribution in [0.4, 0.5) is 8.78 Å². The number of aliphatic hydroxyl groups is 1. The Hall–Kier alpha value is -0.220. The van der Waals surface area contributed by atoms with Crippen LogP contribution in [0.3, 0.4) is 0 Å². The Morgan fingerprint density at radius 3 is 2.25 bits per heavy atom. The number of alkyl halides is 2. The summed E-state index contributed by atoms with van der Waals surface area (Å²) in [6.07, 6.45) is -3.17. The van der Waals surface area contributed by atoms with Gasteiger partial charge < -0.3 is 10.8 Å². The Balaban J connectivity index is 3.29. The summed E-state index contributed by atoms with van der Waals surface area (Å²) in [4.78, 5) is 0. The molecule has 2 nitrogen and oxygen atoms in total. The molecule has 0 amide bonds. The molecule has 0 aliphatic heterocycles. The van der Waals surface area contributed by atoms with E-state index in [1.807, 2.05) is 0 Å². The summed E-state index contributed by atoms with van der Waals surface area (Å²) in [6, 6.07) is 0. The number of hydrogen-bond donors (Lipinski definition) is 2. The molecule has 4 heteroatoms. The summed E-state index contributed by atoms with van der Waals surface area (Å²) in [7, 11) is 0. The zero-order valence-corrected chi connectivity index (χ0v) is 4.35. The Kier molecular flexibility index (Phi) is 3.64. The first kappa shape index (κ1) is 7.78. The van der Waals surface area contributed by atoms with E-state index in [-0.39, 0.29) is 6.54 Å². The summed E-state index contributed by atoms with van der Waals surface area (Å²) in [5.74, 6) is 0. The van der Waals surface area contributed by atoms with Crippen LogP contribution < -0.4 is 5.73 Å². The molecule has 0 radical (unpaired) electrons. The number of nitrogens with two attached hydrogens (primary N) is 1. The van der Waals surface area contributed by atoms with Gasteiger partial charge in [-0.15, -0.1) is 0 Å². The minimum atomic E-state index is -1.63. The van der Waals surface area contributed by atoms with Gasteiger partial charge in [0.05, 0.1) is 0 Å². The van der Waals surface area contributed by atoms with Gasteiger partial charge in [-0.2, -0.15) is 0 Å². The molecule has 0 fully saturated rings. The van der Waals surface area contributed by atoms with Crippen LogP contribution >= 0.6 is 0 Å². The van der Waals surface area contributed by atoms with E-state index in [0.717, 1.165) is 0 Å². The highest BCUT2D eigenvalue weighted by Crippen LogP contribution is 1.96. The molecule has 0 aromatic carbocycles. The standard InChI is InChI=1S/C4H9F2NO/c5-1-4(8)3(6)2-7/h3-4,8H,1-2,7H2. The highest BCUT2D eigenvalue weighted by Gasteiger charge is 2.14. The lowest BCUT2D eigenvalue weighted by molar-refractivity contribution is 0.0605. The van der Waals surface area contributed by atoms with Crippen molar-refractivity contribution < 1.29 is 13.9 Å². The minimum Gasteiger partial charge on any atom is -0.387 e. The normalized spacial score (nSPS) is 18.0. The maximum atomic E-state index is 11.9. The topological polar surface area (TPSA) is 46.2 Å². The van der Waals surface area contributed by atoms with E-state index in [9.17, 15) is 8.78 Å². The number of rotatable bonds is 3. The molecule has 8 heavy (non-hydrogen) atoms. The van der Waals surface area contributed by atoms with E-state index in [1.54, 1.807) is 0 Å². The van der Waals surface area contributed by atoms with Gasteiger partial charge >= 0.3 is 0 Å². The predicted molar refractivity (Wildman–Crippen MR) is 25.9 cm³/mol. The summed E-state index contributed by atoms with van der Waals surface area (Å²) < 4.78 is 23.2. The lowest BCUT2D eigenvalue weighted by Crippen LogP contribution is -2.30. The second-order valence-corrected chi connectivity index (χ2v) is 1.47. The van der Waals surface area contributed by atoms with Crippen molar-refractivity contribution in [3.8, 4) is 0 Å². The quantitative estimate of drug-likeness (QED) is 0.539. The average molecular weight is 125 g/mol. The Labute approximate surface area is 46.3 Å². The second-order valence-electron chi connectivity index (χ2n) is 1.47. The van der Waals surface area contributed by atoms with Crippen LogP contribution in [-0.4, -0.2) is 30.6 Å². The van der Waals surface area contributed by atoms with E-state index >= 15 is 0 Å². The number of halogens is 2. The van der Waals surface area contributed by atoms with E-state index in [2.05, 4.69) is 0 Å². The lowest BCUT2D eigenvalue weighted by Gasteiger charge is -2.07. The summed E-state index contributed by atoms with van der Waals surface area (Å²) >= 11 is 0. The molecule has 2 atom stereocenters. The van der Waals surface area contributed by atoms with Crippen LogP contribution in [0.25, 0.3) is 0 Å². The molecule has 0 aromatic rings. The van der Waals surface area contributed by atoms with E-state index in [4.69, 9.17) is 10.8 Å². The molecule has 2 unspecified atom stereocenters. The van der Waals surface area contributed by atoms with E-state index in [1.165, 1.54) is 0 Å². The van der Waals surface area contributed by atoms with Gasteiger partial charge in [0.15, 0.2) is 0 Å². The van der Waals surface area contributed by atoms with Gasteiger partial charge in [0, 0.05) is 6.54 Å². The van der Waals surface area contributed by atoms with Crippen molar-refractivity contribution in [2.75, 3.05) is 13.2 Å². The molecule has 0 rings (SSSR count). The fraction of sp³-hybridized carbons (Fsp3) is 1.00. The molecule has 50 valence electrons. The first-order valence-corrected chi connectivity index (χ1v) is 2.30. The molecular formula is C4H9F2NO. The minimum absolute atomic E-state index is 0.328. The van der Waals surface area contributed by atoms with Crippen LogP contribution in [0.5, 0.6) is 0 Å². The maximum Gasteiger partial charge on any atom is 0.141 e. The molecule has 0 saturated heterocycles. The molecule has 0 saturated carbocycles. The Morgan fingerprint density at radius 1 is 1.62 bits per heavy atom. The lowest BCUT2D eigenvalue weighted by atomic mass is 10.2. The third-order valence-electron chi connectivity index (χ3n) is 0.801. The Bertz CT molecular complexity index is 54.0. The maximum absolute atomic E-state index is 11.9. The highest BCUT2D eigenvalue weighted by molar-refractivity contribution is 4.65. The molecule has 0 aromatic heterocycles. The summed E-state index contributed by atoms with van der Waals surface area (Å²) in [6.45, 7) is -1.40. The first-order valence-electron chi connectivity index (χ1n) is 2.30. The zero-order chi connectivity index (χ0) is 6.57. The van der Waals surface area contributed by atoms with Gasteiger partial charge in [-0.25, -0.2) is 8.78 Å². The van der Waals surface area contributed by atoms with Crippen molar-refractivity contribution in [2.45, 2.75) is 12.3 Å². The van der Waals surface area contributed by atoms with Crippen LogP contribution in [-0.2, 0) is 0 Å². The van der Waals surface area contributed by atoms with Crippen LogP contribution in [0.1, 0.15) is 0 Å². The summed E-state index contributed by atoms with van der Waals surface area (Å²) in [5.41, 5.74) is 4.75. The van der Waals surface area contributed by atoms with Crippen molar-refractivity contribution in [1.29, 1.82) is 0 Å². The summed E-state index contributed by atoms with van der Waals surface area (Å²) in [5, 5.41) is 8.30. The Morgan fingerprint density at radius 2 is 2.12 bits per heavy atom. The molecule has 0 aliphatic carbocycles. The molecule has 3 N–H and O–H groups in total. The zero-order valence-electron chi connectivity index (χ0n) is 4.35. The van der Waals surface area contributed by atoms with Gasteiger partial charge in [0.1, 0.15) is 19.0 Å². The predicted octanol–water partition coefficient (Wildman–Crippen LogP) is -0.386. The van der Waals surface area contributed by atoms with Crippen molar-refractivity contribution in [2.24, 2.45) is 5.73 Å². The molecule has 0 bridgehead atoms. The monoisotopic (exact) mass is 125 g/mol. The first-order chi connectivity index (χ1) is 3.72. The van der Waals surface area contributed by atoms with Crippen molar-refractivity contribution in [3.63, 3.8) is 0 Å². The second kappa shape index (κ2) is 3.74. The van der Waals surface area contributed by atoms with Gasteiger partial charge in [0.25, 0.3) is 0 Å². The molecule has 0 spiro atoms. The van der Waals surface area contributed by atoms with Gasteiger partial charge in [0.2, 0.25) is 0 Å². The smallest absolute Gasteiger partial charge is 0.141 e. The van der Waals surface area contributed by atoms with E-state index in [0.29, 0.717) is 0 Å². The fourth-order valence-electron chi connectivity index (χ4n) is 0.254. The highest BCUT2D eigenvalue weighted by atomic mass is 19.1. The van der Waals surface area contributed by atoms with Gasteiger partial charge in [-0.1, -0.05) is 0 Å². The molecular weight excluding hydrogens is 116 g/mol. The third-order valence-corrected chi connectivity index (χ3v) is 0.801. The van der Waals surface area contributed by atoms with Crippen LogP contribution in [0, 0.1) is 0 Å². The van der Waals surface area contributed by atoms with Gasteiger partial charge in [-0.3, -0.25) is 0 Å². The number of hydrogen-bond acceptors (Lipinski definition) is 2. The average Bonchev–Trinajstić information content (AvgIpc) is 1.84. The SMILES string of the molecule is NCC(F)C(O)CF. The van der Waals surface area contributed by atoms with Gasteiger partial charge in [-0.05, 0) is 0 Å². The van der Waals surface area contributed by atoms with Crippen molar-refractivity contribution in [3.05, 3.63) is 0 Å². The van der Waals surface area contributed by atoms with Crippen LogP contribution in [0.2, 0.25) is 0 Å². The van der Waals surface area contributed by atoms with E-state index < -0.39 is 19.0 Å².